The summed E-state index contributed by atoms with van der Waals surface area (Å²) in [6.07, 6.45) is 26.0. The topological polar surface area (TPSA) is 57.2 Å². The Morgan fingerprint density at radius 3 is 1.42 bits per heavy atom. The second kappa shape index (κ2) is 28.5. The zero-order chi connectivity index (χ0) is 26.6. The molecular formula is C29H61O5PS. The van der Waals surface area contributed by atoms with Crippen LogP contribution in [0.3, 0.4) is 0 Å². The van der Waals surface area contributed by atoms with Crippen LogP contribution in [0.15, 0.2) is 0 Å². The highest BCUT2D eigenvalue weighted by Gasteiger charge is 2.18. The van der Waals surface area contributed by atoms with E-state index in [-0.39, 0.29) is 12.7 Å². The molecular weight excluding hydrogens is 491 g/mol. The van der Waals surface area contributed by atoms with Gasteiger partial charge in [0, 0.05) is 13.2 Å². The molecule has 0 aliphatic carbocycles. The molecule has 0 spiro atoms. The van der Waals surface area contributed by atoms with E-state index in [9.17, 15) is 4.89 Å². The first-order valence-electron chi connectivity index (χ1n) is 15.4. The fraction of sp³-hybridized carbons (Fsp3) is 1.00. The maximum absolute atomic E-state index is 10.1. The smallest absolute Gasteiger partial charge is 0.324 e. The van der Waals surface area contributed by atoms with Gasteiger partial charge in [0.15, 0.2) is 0 Å². The van der Waals surface area contributed by atoms with Gasteiger partial charge in [-0.2, -0.15) is 0 Å². The average molecular weight is 553 g/mol. The van der Waals surface area contributed by atoms with E-state index in [1.165, 1.54) is 116 Å². The summed E-state index contributed by atoms with van der Waals surface area (Å²) in [5.74, 6) is 0. The fourth-order valence-electron chi connectivity index (χ4n) is 4.27. The highest BCUT2D eigenvalue weighted by atomic mass is 32.5. The zero-order valence-electron chi connectivity index (χ0n) is 24.2. The Kier molecular flexibility index (Phi) is 28.8. The highest BCUT2D eigenvalue weighted by molar-refractivity contribution is 8.07. The summed E-state index contributed by atoms with van der Waals surface area (Å²) in [5.41, 5.74) is 0. The summed E-state index contributed by atoms with van der Waals surface area (Å²) in [7, 11) is 0. The van der Waals surface area contributed by atoms with Crippen LogP contribution in [0, 0.1) is 0 Å². The number of rotatable bonds is 30. The van der Waals surface area contributed by atoms with Gasteiger partial charge in [-0.1, -0.05) is 129 Å². The van der Waals surface area contributed by atoms with E-state index in [1.54, 1.807) is 6.92 Å². The van der Waals surface area contributed by atoms with Crippen LogP contribution in [0.4, 0.5) is 0 Å². The van der Waals surface area contributed by atoms with Crippen LogP contribution >= 0.6 is 6.72 Å². The van der Waals surface area contributed by atoms with E-state index in [2.05, 4.69) is 13.8 Å². The molecule has 0 aliphatic heterocycles. The van der Waals surface area contributed by atoms with Crippen molar-refractivity contribution in [3.8, 4) is 0 Å². The largest absolute Gasteiger partial charge is 0.379 e. The molecule has 5 nitrogen and oxygen atoms in total. The number of hydrogen-bond acceptors (Lipinski definition) is 5. The third kappa shape index (κ3) is 27.5. The van der Waals surface area contributed by atoms with Crippen LogP contribution in [0.1, 0.15) is 149 Å². The van der Waals surface area contributed by atoms with Gasteiger partial charge >= 0.3 is 6.72 Å². The van der Waals surface area contributed by atoms with Crippen molar-refractivity contribution in [1.29, 1.82) is 0 Å². The first-order chi connectivity index (χ1) is 17.6. The molecule has 0 saturated heterocycles. The van der Waals surface area contributed by atoms with Gasteiger partial charge < -0.3 is 23.4 Å². The van der Waals surface area contributed by atoms with Gasteiger partial charge in [-0.15, -0.1) is 0 Å². The molecule has 36 heavy (non-hydrogen) atoms. The van der Waals surface area contributed by atoms with Gasteiger partial charge in [-0.25, -0.2) is 0 Å². The molecule has 0 saturated carbocycles. The number of hydrogen-bond donors (Lipinski definition) is 1. The minimum Gasteiger partial charge on any atom is -0.379 e. The summed E-state index contributed by atoms with van der Waals surface area (Å²) < 4.78 is 22.6. The zero-order valence-corrected chi connectivity index (χ0v) is 25.9. The summed E-state index contributed by atoms with van der Waals surface area (Å²) >= 11 is 5.05. The van der Waals surface area contributed by atoms with Gasteiger partial charge in [-0.05, 0) is 31.6 Å². The summed E-state index contributed by atoms with van der Waals surface area (Å²) in [6.45, 7) is 5.60. The Morgan fingerprint density at radius 1 is 0.556 bits per heavy atom. The van der Waals surface area contributed by atoms with Crippen molar-refractivity contribution >= 4 is 18.5 Å². The van der Waals surface area contributed by atoms with Crippen molar-refractivity contribution in [1.82, 2.24) is 0 Å². The Morgan fingerprint density at radius 2 is 0.972 bits per heavy atom. The van der Waals surface area contributed by atoms with E-state index in [0.717, 1.165) is 19.4 Å². The third-order valence-corrected chi connectivity index (χ3v) is 8.21. The third-order valence-electron chi connectivity index (χ3n) is 6.51. The van der Waals surface area contributed by atoms with Crippen molar-refractivity contribution in [2.24, 2.45) is 0 Å². The van der Waals surface area contributed by atoms with Crippen molar-refractivity contribution in [3.05, 3.63) is 0 Å². The van der Waals surface area contributed by atoms with Crippen LogP contribution in [-0.4, -0.2) is 44.0 Å². The lowest BCUT2D eigenvalue weighted by molar-refractivity contribution is -0.0415. The summed E-state index contributed by atoms with van der Waals surface area (Å²) in [5, 5.41) is 0. The fourth-order valence-corrected chi connectivity index (χ4v) is 5.52. The summed E-state index contributed by atoms with van der Waals surface area (Å²) in [4.78, 5) is 10.1. The average Bonchev–Trinajstić information content (AvgIpc) is 2.85. The normalized spacial score (nSPS) is 14.2. The Bertz CT molecular complexity index is 481. The van der Waals surface area contributed by atoms with Crippen LogP contribution in [0.25, 0.3) is 0 Å². The lowest BCUT2D eigenvalue weighted by Crippen LogP contribution is -2.26. The molecule has 7 heteroatoms. The predicted octanol–water partition coefficient (Wildman–Crippen LogP) is 9.50. The molecule has 0 fully saturated rings. The molecule has 1 N–H and O–H groups in total. The van der Waals surface area contributed by atoms with Gasteiger partial charge in [0.05, 0.1) is 19.8 Å². The lowest BCUT2D eigenvalue weighted by atomic mass is 10.1. The van der Waals surface area contributed by atoms with Crippen molar-refractivity contribution in [3.63, 3.8) is 0 Å². The molecule has 2 atom stereocenters. The molecule has 0 bridgehead atoms. The maximum Gasteiger partial charge on any atom is 0.324 e. The van der Waals surface area contributed by atoms with E-state index < -0.39 is 6.72 Å². The van der Waals surface area contributed by atoms with Gasteiger partial charge in [-0.3, -0.25) is 0 Å². The number of unbranched alkanes of at least 4 members (excludes halogenated alkanes) is 18. The van der Waals surface area contributed by atoms with Crippen molar-refractivity contribution in [2.75, 3.05) is 33.0 Å². The molecule has 0 radical (unpaired) electrons. The molecule has 0 aromatic carbocycles. The minimum atomic E-state index is -3.19. The highest BCUT2D eigenvalue weighted by Crippen LogP contribution is 2.43. The maximum atomic E-state index is 10.1. The Hall–Kier alpha value is 0.450. The first kappa shape index (κ1) is 36.5. The molecule has 0 aromatic rings. The SMILES string of the molecule is CCCCCCCCCCCCOCC(COP(O)(=S)OCC)OCCCCCCCCCCCC. The molecule has 0 aliphatic rings. The molecule has 0 amide bonds. The minimum absolute atomic E-state index is 0.212. The molecule has 0 aromatic heterocycles. The Labute approximate surface area is 230 Å². The van der Waals surface area contributed by atoms with Crippen molar-refractivity contribution in [2.45, 2.75) is 155 Å². The van der Waals surface area contributed by atoms with Crippen LogP contribution < -0.4 is 0 Å². The quantitative estimate of drug-likeness (QED) is 0.0707. The van der Waals surface area contributed by atoms with E-state index in [0.29, 0.717) is 19.8 Å². The van der Waals surface area contributed by atoms with Gasteiger partial charge in [0.25, 0.3) is 0 Å². The first-order valence-corrected chi connectivity index (χ1v) is 18.0. The van der Waals surface area contributed by atoms with E-state index >= 15 is 0 Å². The van der Waals surface area contributed by atoms with Crippen LogP contribution in [0.5, 0.6) is 0 Å². The molecule has 2 unspecified atom stereocenters. The molecule has 218 valence electrons. The van der Waals surface area contributed by atoms with Gasteiger partial charge in [0.1, 0.15) is 6.10 Å². The lowest BCUT2D eigenvalue weighted by Gasteiger charge is -2.21. The van der Waals surface area contributed by atoms with E-state index in [1.807, 2.05) is 0 Å². The second-order valence-corrected chi connectivity index (χ2v) is 13.0. The predicted molar refractivity (Wildman–Crippen MR) is 158 cm³/mol. The molecule has 0 rings (SSSR count). The monoisotopic (exact) mass is 552 g/mol. The molecule has 0 heterocycles. The number of ether oxygens (including phenoxy) is 2. The standard InChI is InChI=1S/C29H61O5PS/c1-4-7-9-11-13-15-17-19-21-23-25-31-27-29(28-34-35(30,36)33-6-3)32-26-24-22-20-18-16-14-12-10-8-5-2/h29H,4-28H2,1-3H3,(H,30,36). The van der Waals surface area contributed by atoms with Crippen LogP contribution in [0.2, 0.25) is 0 Å². The summed E-state index contributed by atoms with van der Waals surface area (Å²) in [6, 6.07) is 0. The van der Waals surface area contributed by atoms with Crippen LogP contribution in [-0.2, 0) is 30.3 Å². The van der Waals surface area contributed by atoms with Crippen molar-refractivity contribution < 1.29 is 23.4 Å². The Balaban J connectivity index is 3.92. The van der Waals surface area contributed by atoms with Gasteiger partial charge in [0.2, 0.25) is 0 Å². The second-order valence-electron chi connectivity index (χ2n) is 10.1. The van der Waals surface area contributed by atoms with E-state index in [4.69, 9.17) is 30.3 Å².